The zero-order valence-corrected chi connectivity index (χ0v) is 24.7. The van der Waals surface area contributed by atoms with E-state index >= 15 is 0 Å². The third-order valence-corrected chi connectivity index (χ3v) is 10.7. The quantitative estimate of drug-likeness (QED) is 0.466. The normalized spacial score (nSPS) is 24.0. The molecule has 2 saturated heterocycles. The van der Waals surface area contributed by atoms with E-state index in [0.29, 0.717) is 22.3 Å². The van der Waals surface area contributed by atoms with E-state index in [1.165, 1.54) is 37.0 Å². The van der Waals surface area contributed by atoms with Crippen LogP contribution in [0.4, 0.5) is 16.5 Å². The molecular weight excluding hydrogens is 534 g/mol. The lowest BCUT2D eigenvalue weighted by Crippen LogP contribution is -2.50. The first kappa shape index (κ1) is 26.7. The van der Waals surface area contributed by atoms with Crippen molar-refractivity contribution in [3.8, 4) is 17.6 Å². The van der Waals surface area contributed by atoms with E-state index in [1.807, 2.05) is 0 Å². The molecule has 7 rings (SSSR count). The standard InChI is InChI=1S/C30H39N9OS/c1-30(8-4-7-24-26(30)22(19-31)27(32)41-24)29-35-28(36-40-29)23-17-21(37-11-9-33-10-12-37)18-25(34-23)39-15-13-38(14-16-39)20-5-2-3-6-20/h17-18,20,33H,2-16,32H2,1H3. The van der Waals surface area contributed by atoms with Crippen LogP contribution in [0.25, 0.3) is 11.5 Å². The number of nitriles is 1. The van der Waals surface area contributed by atoms with Gasteiger partial charge < -0.3 is 25.4 Å². The van der Waals surface area contributed by atoms with Gasteiger partial charge in [-0.3, -0.25) is 4.90 Å². The average Bonchev–Trinajstić information content (AvgIpc) is 3.78. The van der Waals surface area contributed by atoms with Gasteiger partial charge in [0, 0.05) is 80.6 Å². The van der Waals surface area contributed by atoms with E-state index in [-0.39, 0.29) is 0 Å². The highest BCUT2D eigenvalue weighted by atomic mass is 32.1. The van der Waals surface area contributed by atoms with Gasteiger partial charge in [-0.25, -0.2) is 4.98 Å². The summed E-state index contributed by atoms with van der Waals surface area (Å²) in [4.78, 5) is 18.8. The van der Waals surface area contributed by atoms with Gasteiger partial charge in [-0.2, -0.15) is 10.2 Å². The summed E-state index contributed by atoms with van der Waals surface area (Å²) in [5.41, 5.74) is 9.11. The van der Waals surface area contributed by atoms with Crippen LogP contribution in [0.5, 0.6) is 0 Å². The molecule has 3 aromatic heterocycles. The lowest BCUT2D eigenvalue weighted by Gasteiger charge is -2.39. The minimum absolute atomic E-state index is 0.498. The van der Waals surface area contributed by atoms with Crippen molar-refractivity contribution >= 4 is 27.8 Å². The smallest absolute Gasteiger partial charge is 0.237 e. The second-order valence-corrected chi connectivity index (χ2v) is 13.3. The van der Waals surface area contributed by atoms with Gasteiger partial charge in [-0.1, -0.05) is 18.0 Å². The van der Waals surface area contributed by atoms with E-state index in [4.69, 9.17) is 20.2 Å². The van der Waals surface area contributed by atoms with Crippen LogP contribution in [-0.2, 0) is 11.8 Å². The van der Waals surface area contributed by atoms with Gasteiger partial charge in [0.25, 0.3) is 0 Å². The molecular formula is C30H39N9OS. The van der Waals surface area contributed by atoms with Gasteiger partial charge >= 0.3 is 0 Å². The number of piperazine rings is 2. The lowest BCUT2D eigenvalue weighted by molar-refractivity contribution is 0.187. The Morgan fingerprint density at radius 3 is 2.59 bits per heavy atom. The predicted molar refractivity (Wildman–Crippen MR) is 161 cm³/mol. The molecule has 3 fully saturated rings. The Kier molecular flexibility index (Phi) is 7.09. The van der Waals surface area contributed by atoms with Crippen LogP contribution in [0.1, 0.15) is 67.3 Å². The number of aromatic nitrogens is 3. The molecule has 11 heteroatoms. The summed E-state index contributed by atoms with van der Waals surface area (Å²) >= 11 is 1.52. The third-order valence-electron chi connectivity index (χ3n) is 9.64. The number of aryl methyl sites for hydroxylation is 1. The zero-order chi connectivity index (χ0) is 28.0. The highest BCUT2D eigenvalue weighted by Crippen LogP contribution is 2.48. The van der Waals surface area contributed by atoms with Crippen LogP contribution < -0.4 is 20.9 Å². The number of nitrogen functional groups attached to an aromatic ring is 1. The minimum atomic E-state index is -0.548. The Morgan fingerprint density at radius 1 is 1.05 bits per heavy atom. The van der Waals surface area contributed by atoms with Gasteiger partial charge in [-0.05, 0) is 45.1 Å². The number of pyridine rings is 1. The van der Waals surface area contributed by atoms with Crippen molar-refractivity contribution in [1.82, 2.24) is 25.3 Å². The fourth-order valence-corrected chi connectivity index (χ4v) is 8.52. The molecule has 0 aromatic carbocycles. The molecule has 0 radical (unpaired) electrons. The Labute approximate surface area is 245 Å². The molecule has 5 heterocycles. The summed E-state index contributed by atoms with van der Waals surface area (Å²) in [6.07, 6.45) is 8.16. The Bertz CT molecular complexity index is 1440. The monoisotopic (exact) mass is 573 g/mol. The summed E-state index contributed by atoms with van der Waals surface area (Å²) in [5, 5.41) is 18.4. The highest BCUT2D eigenvalue weighted by Gasteiger charge is 2.43. The lowest BCUT2D eigenvalue weighted by atomic mass is 9.72. The largest absolute Gasteiger partial charge is 0.389 e. The summed E-state index contributed by atoms with van der Waals surface area (Å²) in [6.45, 7) is 10.0. The first-order valence-corrected chi connectivity index (χ1v) is 16.0. The number of hydrogen-bond donors (Lipinski definition) is 2. The summed E-state index contributed by atoms with van der Waals surface area (Å²) in [5.74, 6) is 2.01. The number of thiophene rings is 1. The van der Waals surface area contributed by atoms with Crippen molar-refractivity contribution in [3.05, 3.63) is 34.0 Å². The number of nitrogens with zero attached hydrogens (tertiary/aromatic N) is 7. The van der Waals surface area contributed by atoms with Crippen LogP contribution in [0.15, 0.2) is 16.7 Å². The van der Waals surface area contributed by atoms with Gasteiger partial charge in [0.1, 0.15) is 22.6 Å². The minimum Gasteiger partial charge on any atom is -0.389 e. The molecule has 1 saturated carbocycles. The molecule has 1 unspecified atom stereocenters. The maximum atomic E-state index is 9.90. The molecule has 10 nitrogen and oxygen atoms in total. The number of anilines is 3. The van der Waals surface area contributed by atoms with Crippen molar-refractivity contribution in [2.24, 2.45) is 0 Å². The van der Waals surface area contributed by atoms with Crippen LogP contribution in [-0.4, -0.2) is 78.4 Å². The topological polar surface area (TPSA) is 123 Å². The number of hydrogen-bond acceptors (Lipinski definition) is 11. The summed E-state index contributed by atoms with van der Waals surface area (Å²) < 4.78 is 5.98. The van der Waals surface area contributed by atoms with Crippen LogP contribution >= 0.6 is 11.3 Å². The molecule has 2 aliphatic heterocycles. The molecule has 4 aliphatic rings. The molecule has 0 bridgehead atoms. The maximum Gasteiger partial charge on any atom is 0.237 e. The first-order valence-electron chi connectivity index (χ1n) is 15.2. The second kappa shape index (κ2) is 10.9. The highest BCUT2D eigenvalue weighted by molar-refractivity contribution is 7.16. The summed E-state index contributed by atoms with van der Waals surface area (Å²) in [7, 11) is 0. The number of rotatable bonds is 5. The van der Waals surface area contributed by atoms with Gasteiger partial charge in [0.05, 0.1) is 11.0 Å². The van der Waals surface area contributed by atoms with Crippen LogP contribution in [0.2, 0.25) is 0 Å². The van der Waals surface area contributed by atoms with Gasteiger partial charge in [0.2, 0.25) is 11.7 Å². The van der Waals surface area contributed by atoms with E-state index in [0.717, 1.165) is 105 Å². The van der Waals surface area contributed by atoms with Crippen molar-refractivity contribution in [2.75, 3.05) is 67.9 Å². The van der Waals surface area contributed by atoms with E-state index < -0.39 is 5.41 Å². The zero-order valence-electron chi connectivity index (χ0n) is 23.9. The maximum absolute atomic E-state index is 9.90. The first-order chi connectivity index (χ1) is 20.0. The van der Waals surface area contributed by atoms with Gasteiger partial charge in [-0.15, -0.1) is 11.3 Å². The number of fused-ring (bicyclic) bond motifs is 1. The van der Waals surface area contributed by atoms with Crippen molar-refractivity contribution in [2.45, 2.75) is 63.3 Å². The number of nitrogens with one attached hydrogen (secondary N) is 1. The Hall–Kier alpha value is -3.20. The molecule has 41 heavy (non-hydrogen) atoms. The number of nitrogens with two attached hydrogens (primary N) is 1. The van der Waals surface area contributed by atoms with Crippen molar-refractivity contribution in [3.63, 3.8) is 0 Å². The van der Waals surface area contributed by atoms with Crippen LogP contribution in [0.3, 0.4) is 0 Å². The Morgan fingerprint density at radius 2 is 1.83 bits per heavy atom. The van der Waals surface area contributed by atoms with Crippen LogP contribution in [0, 0.1) is 11.3 Å². The Balaban J connectivity index is 1.21. The fourth-order valence-electron chi connectivity index (χ4n) is 7.33. The van der Waals surface area contributed by atoms with Gasteiger partial charge in [0.15, 0.2) is 0 Å². The van der Waals surface area contributed by atoms with E-state index in [2.05, 4.69) is 50.3 Å². The molecule has 3 N–H and O–H groups in total. The fraction of sp³-hybridized carbons (Fsp3) is 0.600. The third kappa shape index (κ3) is 4.86. The molecule has 1 atom stereocenters. The summed E-state index contributed by atoms with van der Waals surface area (Å²) in [6, 6.07) is 7.44. The molecule has 3 aromatic rings. The van der Waals surface area contributed by atoms with E-state index in [1.54, 1.807) is 0 Å². The predicted octanol–water partition coefficient (Wildman–Crippen LogP) is 3.76. The molecule has 0 spiro atoms. The SMILES string of the molecule is CC1(c2nc(-c3cc(N4CCNCC4)cc(N4CCN(C5CCCC5)CC4)n3)no2)CCCc2sc(N)c(C#N)c21. The van der Waals surface area contributed by atoms with Crippen molar-refractivity contribution < 1.29 is 4.52 Å². The molecule has 2 aliphatic carbocycles. The molecule has 0 amide bonds. The van der Waals surface area contributed by atoms with Crippen molar-refractivity contribution in [1.29, 1.82) is 5.26 Å². The second-order valence-electron chi connectivity index (χ2n) is 12.1. The molecule has 216 valence electrons. The average molecular weight is 574 g/mol. The van der Waals surface area contributed by atoms with E-state index in [9.17, 15) is 5.26 Å².